The minimum atomic E-state index is -1.74. The quantitative estimate of drug-likeness (QED) is 0.152. The van der Waals surface area contributed by atoms with Crippen molar-refractivity contribution in [3.63, 3.8) is 0 Å². The van der Waals surface area contributed by atoms with Gasteiger partial charge < -0.3 is 44.7 Å². The number of carbonyl (C=O) groups is 4. The number of allylic oxidation sites excluding steroid dienone is 1. The van der Waals surface area contributed by atoms with E-state index in [9.17, 15) is 24.3 Å². The third-order valence-corrected chi connectivity index (χ3v) is 8.91. The van der Waals surface area contributed by atoms with Crippen LogP contribution in [0, 0.1) is 5.92 Å². The molecule has 0 heterocycles. The first kappa shape index (κ1) is 42.2. The van der Waals surface area contributed by atoms with Gasteiger partial charge in [-0.15, -0.1) is 0 Å². The van der Waals surface area contributed by atoms with Gasteiger partial charge in [0.25, 0.3) is 5.91 Å². The van der Waals surface area contributed by atoms with Gasteiger partial charge >= 0.3 is 6.09 Å². The van der Waals surface area contributed by atoms with Crippen LogP contribution in [0.3, 0.4) is 0 Å². The lowest BCUT2D eigenvalue weighted by atomic mass is 9.92. The number of rotatable bonds is 15. The minimum Gasteiger partial charge on any atom is -0.495 e. The van der Waals surface area contributed by atoms with Gasteiger partial charge in [-0.25, -0.2) is 4.79 Å². The lowest BCUT2D eigenvalue weighted by molar-refractivity contribution is -0.134. The zero-order valence-corrected chi connectivity index (χ0v) is 33.0. The van der Waals surface area contributed by atoms with E-state index in [4.69, 9.17) is 23.7 Å². The lowest BCUT2D eigenvalue weighted by Gasteiger charge is -2.28. The fourth-order valence-electron chi connectivity index (χ4n) is 6.41. The van der Waals surface area contributed by atoms with Gasteiger partial charge in [0, 0.05) is 12.0 Å². The second-order valence-corrected chi connectivity index (χ2v) is 14.7. The molecule has 0 saturated carbocycles. The highest BCUT2D eigenvalue weighted by atomic mass is 16.6. The van der Waals surface area contributed by atoms with E-state index in [1.165, 1.54) is 28.4 Å². The Kier molecular flexibility index (Phi) is 14.3. The van der Waals surface area contributed by atoms with Gasteiger partial charge in [-0.2, -0.15) is 0 Å². The number of hydrogen-bond acceptors (Lipinski definition) is 10. The number of anilines is 1. The molecule has 1 aliphatic rings. The van der Waals surface area contributed by atoms with Gasteiger partial charge in [-0.3, -0.25) is 14.4 Å². The molecule has 4 rings (SSSR count). The smallest absolute Gasteiger partial charge is 0.407 e. The number of amides is 3. The van der Waals surface area contributed by atoms with Crippen LogP contribution in [0.2, 0.25) is 0 Å². The second kappa shape index (κ2) is 18.7. The minimum absolute atomic E-state index is 0.0398. The summed E-state index contributed by atoms with van der Waals surface area (Å²) in [4.78, 5) is 53.6. The Morgan fingerprint density at radius 1 is 0.818 bits per heavy atom. The highest BCUT2D eigenvalue weighted by Gasteiger charge is 2.33. The van der Waals surface area contributed by atoms with E-state index in [1.807, 2.05) is 44.2 Å². The summed E-state index contributed by atoms with van der Waals surface area (Å²) in [5.41, 5.74) is 2.88. The van der Waals surface area contributed by atoms with Crippen LogP contribution in [-0.4, -0.2) is 81.0 Å². The van der Waals surface area contributed by atoms with Crippen molar-refractivity contribution in [3.05, 3.63) is 82.9 Å². The Labute approximate surface area is 322 Å². The van der Waals surface area contributed by atoms with Crippen molar-refractivity contribution >= 4 is 35.0 Å². The molecule has 296 valence electrons. The maximum Gasteiger partial charge on any atom is 0.407 e. The number of aliphatic hydroxyl groups is 1. The highest BCUT2D eigenvalue weighted by Crippen LogP contribution is 2.47. The number of hydrogen-bond donors (Lipinski definition) is 4. The van der Waals surface area contributed by atoms with Crippen LogP contribution in [0.4, 0.5) is 10.5 Å². The topological polar surface area (TPSA) is 171 Å². The fraction of sp³-hybridized carbons (Fsp3) is 0.429. The molecule has 3 aromatic carbocycles. The zero-order valence-electron chi connectivity index (χ0n) is 33.0. The van der Waals surface area contributed by atoms with E-state index in [-0.39, 0.29) is 36.7 Å². The van der Waals surface area contributed by atoms with E-state index in [2.05, 4.69) is 16.0 Å². The summed E-state index contributed by atoms with van der Waals surface area (Å²) in [6.45, 7) is 8.92. The number of carbonyl (C=O) groups excluding carboxylic acids is 4. The summed E-state index contributed by atoms with van der Waals surface area (Å²) in [6.07, 6.45) is 0.0113. The van der Waals surface area contributed by atoms with Crippen molar-refractivity contribution in [2.75, 3.05) is 33.8 Å². The first-order chi connectivity index (χ1) is 26.1. The predicted octanol–water partition coefficient (Wildman–Crippen LogP) is 5.63. The summed E-state index contributed by atoms with van der Waals surface area (Å²) in [7, 11) is 6.03. The molecule has 0 fully saturated rings. The molecule has 0 radical (unpaired) electrons. The Bertz CT molecular complexity index is 1880. The molecule has 4 N–H and O–H groups in total. The van der Waals surface area contributed by atoms with Crippen molar-refractivity contribution in [3.8, 4) is 23.0 Å². The molecule has 55 heavy (non-hydrogen) atoms. The second-order valence-electron chi connectivity index (χ2n) is 14.7. The third kappa shape index (κ3) is 11.0. The van der Waals surface area contributed by atoms with Crippen LogP contribution in [0.25, 0.3) is 5.57 Å². The van der Waals surface area contributed by atoms with Crippen LogP contribution in [0.15, 0.2) is 60.7 Å². The molecular weight excluding hydrogens is 706 g/mol. The molecular formula is C42H53N3O10. The number of aliphatic hydroxyl groups excluding tert-OH is 1. The van der Waals surface area contributed by atoms with Crippen LogP contribution in [-0.2, 0) is 32.0 Å². The summed E-state index contributed by atoms with van der Waals surface area (Å²) < 4.78 is 28.0. The maximum absolute atomic E-state index is 14.0. The van der Waals surface area contributed by atoms with Gasteiger partial charge in [0.05, 0.1) is 40.2 Å². The van der Waals surface area contributed by atoms with Crippen LogP contribution in [0.5, 0.6) is 23.0 Å². The van der Waals surface area contributed by atoms with E-state index < -0.39 is 41.7 Å². The first-order valence-electron chi connectivity index (χ1n) is 18.2. The molecule has 3 atom stereocenters. The summed E-state index contributed by atoms with van der Waals surface area (Å²) in [5, 5.41) is 19.6. The molecule has 0 aromatic heterocycles. The van der Waals surface area contributed by atoms with Crippen LogP contribution >= 0.6 is 0 Å². The van der Waals surface area contributed by atoms with Crippen LogP contribution < -0.4 is 34.9 Å². The monoisotopic (exact) mass is 759 g/mol. The van der Waals surface area contributed by atoms with Gasteiger partial charge in [-0.1, -0.05) is 50.2 Å². The molecule has 3 amide bonds. The molecule has 0 saturated heterocycles. The number of ether oxygens (including phenoxy) is 5. The maximum atomic E-state index is 14.0. The average Bonchev–Trinajstić information content (AvgIpc) is 3.30. The normalized spacial score (nSPS) is 14.3. The average molecular weight is 760 g/mol. The van der Waals surface area contributed by atoms with E-state index in [0.29, 0.717) is 46.1 Å². The summed E-state index contributed by atoms with van der Waals surface area (Å²) in [6, 6.07) is 13.9. The molecule has 0 aliphatic heterocycles. The number of alkyl carbamates (subject to hydrolysis) is 1. The van der Waals surface area contributed by atoms with Gasteiger partial charge in [0.2, 0.25) is 11.7 Å². The van der Waals surface area contributed by atoms with E-state index in [1.54, 1.807) is 51.1 Å². The number of methoxy groups -OCH3 is 4. The fourth-order valence-corrected chi connectivity index (χ4v) is 6.41. The number of benzene rings is 3. The number of nitrogens with one attached hydrogen (secondary N) is 3. The van der Waals surface area contributed by atoms with Crippen molar-refractivity contribution in [2.24, 2.45) is 5.92 Å². The predicted molar refractivity (Wildman–Crippen MR) is 209 cm³/mol. The SMILES string of the molecule is COc1ccc(C2=CC(=O)CCc3c2cc(OC)c(OC)c3OC)cc1NC(=O)C(CC(C)C)NC(=O)C(O)C(Cc1ccccc1)NC(=O)OC(C)(C)C. The Morgan fingerprint density at radius 3 is 2.09 bits per heavy atom. The van der Waals surface area contributed by atoms with Crippen molar-refractivity contribution in [2.45, 2.75) is 84.1 Å². The molecule has 3 unspecified atom stereocenters. The zero-order chi connectivity index (χ0) is 40.4. The van der Waals surface area contributed by atoms with Gasteiger partial charge in [0.1, 0.15) is 17.4 Å². The summed E-state index contributed by atoms with van der Waals surface area (Å²) in [5.74, 6) is 0.0692. The van der Waals surface area contributed by atoms with Crippen molar-refractivity contribution in [1.29, 1.82) is 0 Å². The molecule has 0 spiro atoms. The highest BCUT2D eigenvalue weighted by molar-refractivity contribution is 6.04. The number of fused-ring (bicyclic) bond motifs is 1. The first-order valence-corrected chi connectivity index (χ1v) is 18.2. The van der Waals surface area contributed by atoms with Crippen molar-refractivity contribution in [1.82, 2.24) is 10.6 Å². The molecule has 13 heteroatoms. The lowest BCUT2D eigenvalue weighted by Crippen LogP contribution is -2.55. The van der Waals surface area contributed by atoms with Crippen LogP contribution in [0.1, 0.15) is 69.7 Å². The van der Waals surface area contributed by atoms with E-state index in [0.717, 1.165) is 11.1 Å². The molecule has 0 bridgehead atoms. The van der Waals surface area contributed by atoms with Gasteiger partial charge in [0.15, 0.2) is 23.4 Å². The molecule has 1 aliphatic carbocycles. The number of ketones is 1. The van der Waals surface area contributed by atoms with Crippen molar-refractivity contribution < 1.29 is 48.0 Å². The molecule has 13 nitrogen and oxygen atoms in total. The van der Waals surface area contributed by atoms with Gasteiger partial charge in [-0.05, 0) is 92.5 Å². The Hall–Kier alpha value is -5.56. The largest absolute Gasteiger partial charge is 0.495 e. The summed E-state index contributed by atoms with van der Waals surface area (Å²) >= 11 is 0. The Morgan fingerprint density at radius 2 is 1.49 bits per heavy atom. The van der Waals surface area contributed by atoms with E-state index >= 15 is 0 Å². The molecule has 3 aromatic rings. The Balaban J connectivity index is 1.65. The standard InChI is InChI=1S/C42H53N3O10/c1-24(2)19-33(44-40(49)36(47)32(20-25-13-11-10-12-14-25)45-41(50)55-42(3,4)5)39(48)43-31-21-26(15-18-34(31)51-6)29-22-27(46)16-17-28-30(29)23-35(52-7)38(54-9)37(28)53-8/h10-15,18,21-24,32-33,36,47H,16-17,19-20H2,1-9H3,(H,43,48)(H,44,49)(H,45,50). The third-order valence-electron chi connectivity index (χ3n) is 8.91.